The summed E-state index contributed by atoms with van der Waals surface area (Å²) in [4.78, 5) is 11.7. The van der Waals surface area contributed by atoms with Crippen LogP contribution in [0, 0.1) is 5.41 Å². The Morgan fingerprint density at radius 1 is 1.73 bits per heavy atom. The molecule has 1 fully saturated rings. The molecule has 0 unspecified atom stereocenters. The Morgan fingerprint density at radius 3 is 2.93 bits per heavy atom. The summed E-state index contributed by atoms with van der Waals surface area (Å²) in [5, 5.41) is 9.19. The van der Waals surface area contributed by atoms with E-state index in [1.54, 1.807) is 0 Å². The van der Waals surface area contributed by atoms with Gasteiger partial charge in [0.15, 0.2) is 0 Å². The van der Waals surface area contributed by atoms with Crippen LogP contribution in [0.1, 0.15) is 36.7 Å². The van der Waals surface area contributed by atoms with Crippen LogP contribution in [0.25, 0.3) is 0 Å². The van der Waals surface area contributed by atoms with Gasteiger partial charge in [0, 0.05) is 6.54 Å². The van der Waals surface area contributed by atoms with Crippen molar-refractivity contribution in [2.75, 3.05) is 12.3 Å². The van der Waals surface area contributed by atoms with Crippen LogP contribution in [0.3, 0.4) is 0 Å². The van der Waals surface area contributed by atoms with Gasteiger partial charge in [-0.3, -0.25) is 9.89 Å². The molecule has 1 aromatic heterocycles. The second-order valence-electron chi connectivity index (χ2n) is 4.24. The van der Waals surface area contributed by atoms with Crippen molar-refractivity contribution >= 4 is 11.6 Å². The first-order valence-electron chi connectivity index (χ1n) is 5.24. The summed E-state index contributed by atoms with van der Waals surface area (Å²) in [5.74, 6) is -0.162. The van der Waals surface area contributed by atoms with Crippen molar-refractivity contribution < 1.29 is 4.79 Å². The molecule has 2 rings (SSSR count). The molecule has 0 aliphatic heterocycles. The lowest BCUT2D eigenvalue weighted by Crippen LogP contribution is -2.30. The number of nitrogens with two attached hydrogens (primary N) is 1. The summed E-state index contributed by atoms with van der Waals surface area (Å²) in [6.45, 7) is 2.89. The van der Waals surface area contributed by atoms with E-state index in [0.29, 0.717) is 16.8 Å². The van der Waals surface area contributed by atoms with E-state index in [2.05, 4.69) is 22.4 Å². The molecular formula is C10H16N4O. The number of anilines is 1. The van der Waals surface area contributed by atoms with Crippen LogP contribution in [0.2, 0.25) is 0 Å². The highest BCUT2D eigenvalue weighted by molar-refractivity contribution is 5.96. The van der Waals surface area contributed by atoms with Gasteiger partial charge in [0.25, 0.3) is 5.91 Å². The average molecular weight is 208 g/mol. The highest BCUT2D eigenvalue weighted by atomic mass is 16.1. The number of rotatable bonds is 4. The number of amides is 1. The van der Waals surface area contributed by atoms with Crippen LogP contribution in [-0.4, -0.2) is 22.6 Å². The Hall–Kier alpha value is -1.52. The molecule has 5 nitrogen and oxygen atoms in total. The minimum absolute atomic E-state index is 0.162. The van der Waals surface area contributed by atoms with Crippen molar-refractivity contribution in [2.45, 2.75) is 26.2 Å². The number of hydrogen-bond donors (Lipinski definition) is 3. The van der Waals surface area contributed by atoms with E-state index in [1.165, 1.54) is 19.0 Å². The number of nitrogens with one attached hydrogen (secondary N) is 2. The number of H-pyrrole nitrogens is 1. The summed E-state index contributed by atoms with van der Waals surface area (Å²) < 4.78 is 0. The van der Waals surface area contributed by atoms with Crippen molar-refractivity contribution in [3.8, 4) is 0 Å². The number of carbonyl (C=O) groups excluding carboxylic acids is 1. The SMILES string of the molecule is CCC1(CNC(=O)c2[nH]ncc2N)CC1. The fraction of sp³-hybridized carbons (Fsp3) is 0.600. The number of carbonyl (C=O) groups is 1. The zero-order chi connectivity index (χ0) is 10.9. The molecule has 0 radical (unpaired) electrons. The molecule has 1 saturated carbocycles. The van der Waals surface area contributed by atoms with Gasteiger partial charge in [0.2, 0.25) is 0 Å². The number of hydrogen-bond acceptors (Lipinski definition) is 3. The van der Waals surface area contributed by atoms with Gasteiger partial charge in [-0.05, 0) is 24.7 Å². The molecule has 82 valence electrons. The topological polar surface area (TPSA) is 83.8 Å². The van der Waals surface area contributed by atoms with Gasteiger partial charge < -0.3 is 11.1 Å². The van der Waals surface area contributed by atoms with E-state index in [4.69, 9.17) is 5.73 Å². The van der Waals surface area contributed by atoms with Gasteiger partial charge in [-0.2, -0.15) is 5.10 Å². The normalized spacial score (nSPS) is 17.4. The van der Waals surface area contributed by atoms with E-state index < -0.39 is 0 Å². The Balaban J connectivity index is 1.91. The minimum atomic E-state index is -0.162. The summed E-state index contributed by atoms with van der Waals surface area (Å²) in [7, 11) is 0. The molecule has 0 aromatic carbocycles. The first kappa shape index (κ1) is 10.0. The predicted molar refractivity (Wildman–Crippen MR) is 57.3 cm³/mol. The number of aromatic amines is 1. The van der Waals surface area contributed by atoms with Crippen molar-refractivity contribution in [3.63, 3.8) is 0 Å². The lowest BCUT2D eigenvalue weighted by molar-refractivity contribution is 0.0940. The van der Waals surface area contributed by atoms with E-state index in [1.807, 2.05) is 0 Å². The highest BCUT2D eigenvalue weighted by Crippen LogP contribution is 2.47. The molecule has 1 aliphatic rings. The van der Waals surface area contributed by atoms with Gasteiger partial charge in [-0.25, -0.2) is 0 Å². The smallest absolute Gasteiger partial charge is 0.271 e. The maximum Gasteiger partial charge on any atom is 0.271 e. The van der Waals surface area contributed by atoms with Crippen LogP contribution in [-0.2, 0) is 0 Å². The van der Waals surface area contributed by atoms with E-state index >= 15 is 0 Å². The van der Waals surface area contributed by atoms with Crippen LogP contribution >= 0.6 is 0 Å². The maximum atomic E-state index is 11.7. The third-order valence-corrected chi connectivity index (χ3v) is 3.23. The summed E-state index contributed by atoms with van der Waals surface area (Å²) >= 11 is 0. The van der Waals surface area contributed by atoms with E-state index in [-0.39, 0.29) is 5.91 Å². The zero-order valence-electron chi connectivity index (χ0n) is 8.84. The van der Waals surface area contributed by atoms with Gasteiger partial charge in [-0.1, -0.05) is 6.92 Å². The third kappa shape index (κ3) is 1.95. The van der Waals surface area contributed by atoms with E-state index in [0.717, 1.165) is 13.0 Å². The van der Waals surface area contributed by atoms with Crippen LogP contribution < -0.4 is 11.1 Å². The number of aromatic nitrogens is 2. The fourth-order valence-electron chi connectivity index (χ4n) is 1.67. The first-order valence-corrected chi connectivity index (χ1v) is 5.24. The molecule has 0 bridgehead atoms. The molecular weight excluding hydrogens is 192 g/mol. The molecule has 15 heavy (non-hydrogen) atoms. The fourth-order valence-corrected chi connectivity index (χ4v) is 1.67. The van der Waals surface area contributed by atoms with Gasteiger partial charge in [0.1, 0.15) is 5.69 Å². The van der Waals surface area contributed by atoms with Crippen LogP contribution in [0.4, 0.5) is 5.69 Å². The average Bonchev–Trinajstić information content (AvgIpc) is 2.91. The minimum Gasteiger partial charge on any atom is -0.396 e. The summed E-state index contributed by atoms with van der Waals surface area (Å²) in [5.41, 5.74) is 6.69. The molecule has 1 aliphatic carbocycles. The second kappa shape index (κ2) is 3.56. The Bertz CT molecular complexity index is 367. The largest absolute Gasteiger partial charge is 0.396 e. The van der Waals surface area contributed by atoms with Crippen molar-refractivity contribution in [1.29, 1.82) is 0 Å². The Morgan fingerprint density at radius 2 is 2.47 bits per heavy atom. The molecule has 1 amide bonds. The molecule has 5 heteroatoms. The van der Waals surface area contributed by atoms with Gasteiger partial charge in [0.05, 0.1) is 11.9 Å². The van der Waals surface area contributed by atoms with Crippen molar-refractivity contribution in [2.24, 2.45) is 5.41 Å². The lowest BCUT2D eigenvalue weighted by atomic mass is 10.0. The quantitative estimate of drug-likeness (QED) is 0.687. The molecule has 1 aromatic rings. The Kier molecular flexibility index (Phi) is 2.38. The highest BCUT2D eigenvalue weighted by Gasteiger charge is 2.40. The molecule has 4 N–H and O–H groups in total. The van der Waals surface area contributed by atoms with Gasteiger partial charge in [-0.15, -0.1) is 0 Å². The molecule has 1 heterocycles. The van der Waals surface area contributed by atoms with E-state index in [9.17, 15) is 4.79 Å². The number of nitrogens with zero attached hydrogens (tertiary/aromatic N) is 1. The molecule has 0 spiro atoms. The molecule has 0 atom stereocenters. The predicted octanol–water partition coefficient (Wildman–Crippen LogP) is 0.912. The monoisotopic (exact) mass is 208 g/mol. The first-order chi connectivity index (χ1) is 7.17. The van der Waals surface area contributed by atoms with Crippen molar-refractivity contribution in [3.05, 3.63) is 11.9 Å². The molecule has 0 saturated heterocycles. The van der Waals surface area contributed by atoms with Crippen LogP contribution in [0.15, 0.2) is 6.20 Å². The maximum absolute atomic E-state index is 11.7. The second-order valence-corrected chi connectivity index (χ2v) is 4.24. The number of nitrogen functional groups attached to an aromatic ring is 1. The van der Waals surface area contributed by atoms with Crippen LogP contribution in [0.5, 0.6) is 0 Å². The summed E-state index contributed by atoms with van der Waals surface area (Å²) in [6.07, 6.45) is 4.98. The van der Waals surface area contributed by atoms with Crippen molar-refractivity contribution in [1.82, 2.24) is 15.5 Å². The standard InChI is InChI=1S/C10H16N4O/c1-2-10(3-4-10)6-12-9(15)8-7(11)5-13-14-8/h5H,2-4,6,11H2,1H3,(H,12,15)(H,13,14). The lowest BCUT2D eigenvalue weighted by Gasteiger charge is -2.12. The van der Waals surface area contributed by atoms with Gasteiger partial charge >= 0.3 is 0 Å². The summed E-state index contributed by atoms with van der Waals surface area (Å²) in [6, 6.07) is 0. The third-order valence-electron chi connectivity index (χ3n) is 3.23. The Labute approximate surface area is 88.4 Å². The zero-order valence-corrected chi connectivity index (χ0v) is 8.84.